The molecule has 1 aromatic heterocycles. The highest BCUT2D eigenvalue weighted by molar-refractivity contribution is 7.92. The maximum absolute atomic E-state index is 12.6. The maximum atomic E-state index is 12.6. The Hall–Kier alpha value is -1.92. The maximum Gasteiger partial charge on any atom is 0.262 e. The average Bonchev–Trinajstić information content (AvgIpc) is 2.43. The van der Waals surface area contributed by atoms with Crippen molar-refractivity contribution >= 4 is 15.7 Å². The van der Waals surface area contributed by atoms with E-state index < -0.39 is 10.0 Å². The van der Waals surface area contributed by atoms with Gasteiger partial charge in [0.05, 0.1) is 16.3 Å². The van der Waals surface area contributed by atoms with Crippen molar-refractivity contribution in [2.75, 3.05) is 11.8 Å². The molecule has 0 saturated carbocycles. The number of benzene rings is 1. The van der Waals surface area contributed by atoms with Gasteiger partial charge in [-0.1, -0.05) is 12.1 Å². The van der Waals surface area contributed by atoms with Crippen molar-refractivity contribution in [2.45, 2.75) is 25.3 Å². The molecule has 1 aromatic carbocycles. The van der Waals surface area contributed by atoms with Gasteiger partial charge < -0.3 is 5.32 Å². The first-order valence-corrected chi connectivity index (χ1v) is 8.11. The van der Waals surface area contributed by atoms with Gasteiger partial charge in [0.25, 0.3) is 10.0 Å². The van der Waals surface area contributed by atoms with E-state index in [2.05, 4.69) is 15.0 Å². The predicted octanol–water partition coefficient (Wildman–Crippen LogP) is 2.22. The van der Waals surface area contributed by atoms with Gasteiger partial charge in [-0.3, -0.25) is 9.71 Å². The lowest BCUT2D eigenvalue weighted by atomic mass is 10.1. The molecule has 2 rings (SSSR count). The number of sulfonamides is 1. The first-order valence-electron chi connectivity index (χ1n) is 6.62. The fourth-order valence-electron chi connectivity index (χ4n) is 2.04. The van der Waals surface area contributed by atoms with Crippen molar-refractivity contribution in [3.8, 4) is 0 Å². The van der Waals surface area contributed by atoms with Crippen LogP contribution in [-0.4, -0.2) is 20.4 Å². The van der Waals surface area contributed by atoms with Crippen molar-refractivity contribution < 1.29 is 8.42 Å². The number of hydrogen-bond donors (Lipinski definition) is 2. The lowest BCUT2D eigenvalue weighted by Gasteiger charge is -2.13. The summed E-state index contributed by atoms with van der Waals surface area (Å²) in [4.78, 5) is 4.38. The topological polar surface area (TPSA) is 71.1 Å². The van der Waals surface area contributed by atoms with Gasteiger partial charge in [-0.15, -0.1) is 0 Å². The van der Waals surface area contributed by atoms with Gasteiger partial charge in [0.1, 0.15) is 0 Å². The van der Waals surface area contributed by atoms with Gasteiger partial charge in [-0.05, 0) is 50.2 Å². The van der Waals surface area contributed by atoms with Crippen LogP contribution < -0.4 is 10.0 Å². The highest BCUT2D eigenvalue weighted by Crippen LogP contribution is 2.21. The molecule has 0 spiro atoms. The van der Waals surface area contributed by atoms with Crippen LogP contribution in [-0.2, 0) is 16.6 Å². The molecule has 0 aliphatic heterocycles. The molecule has 0 radical (unpaired) electrons. The standard InChI is InChI=1S/C15H19N3O2S/c1-11-6-7-13(10-16-3)9-15(11)21(19,20)18-14-5-4-8-17-12(14)2/h4-9,16,18H,10H2,1-3H3. The number of rotatable bonds is 5. The second kappa shape index (κ2) is 6.24. The van der Waals surface area contributed by atoms with E-state index in [1.165, 1.54) is 0 Å². The van der Waals surface area contributed by atoms with Crippen molar-refractivity contribution in [1.82, 2.24) is 10.3 Å². The third kappa shape index (κ3) is 3.59. The summed E-state index contributed by atoms with van der Waals surface area (Å²) < 4.78 is 27.7. The van der Waals surface area contributed by atoms with Crippen LogP contribution in [0.2, 0.25) is 0 Å². The number of aromatic nitrogens is 1. The number of hydrogen-bond acceptors (Lipinski definition) is 4. The van der Waals surface area contributed by atoms with Crippen LogP contribution in [0.1, 0.15) is 16.8 Å². The third-order valence-electron chi connectivity index (χ3n) is 3.17. The summed E-state index contributed by atoms with van der Waals surface area (Å²) in [5.41, 5.74) is 2.77. The molecule has 0 unspecified atom stereocenters. The van der Waals surface area contributed by atoms with Crippen LogP contribution in [0, 0.1) is 13.8 Å². The second-order valence-corrected chi connectivity index (χ2v) is 6.52. The van der Waals surface area contributed by atoms with Gasteiger partial charge in [-0.2, -0.15) is 0 Å². The lowest BCUT2D eigenvalue weighted by molar-refractivity contribution is 0.600. The number of aryl methyl sites for hydroxylation is 2. The number of pyridine rings is 1. The summed E-state index contributed by atoms with van der Waals surface area (Å²) in [6, 6.07) is 8.83. The summed E-state index contributed by atoms with van der Waals surface area (Å²) in [6.07, 6.45) is 1.63. The molecule has 0 saturated heterocycles. The normalized spacial score (nSPS) is 11.4. The van der Waals surface area contributed by atoms with E-state index in [1.54, 1.807) is 38.2 Å². The molecule has 0 aliphatic rings. The fraction of sp³-hybridized carbons (Fsp3) is 0.267. The van der Waals surface area contributed by atoms with Crippen molar-refractivity contribution in [1.29, 1.82) is 0 Å². The highest BCUT2D eigenvalue weighted by atomic mass is 32.2. The number of nitrogens with zero attached hydrogens (tertiary/aromatic N) is 1. The zero-order chi connectivity index (χ0) is 15.5. The van der Waals surface area contributed by atoms with Crippen LogP contribution in [0.15, 0.2) is 41.4 Å². The molecule has 21 heavy (non-hydrogen) atoms. The lowest BCUT2D eigenvalue weighted by Crippen LogP contribution is -2.16. The van der Waals surface area contributed by atoms with Crippen LogP contribution in [0.4, 0.5) is 5.69 Å². The van der Waals surface area contributed by atoms with Crippen molar-refractivity contribution in [2.24, 2.45) is 0 Å². The molecular formula is C15H19N3O2S. The fourth-order valence-corrected chi connectivity index (χ4v) is 3.45. The Bertz CT molecular complexity index is 742. The van der Waals surface area contributed by atoms with E-state index in [4.69, 9.17) is 0 Å². The van der Waals surface area contributed by atoms with Crippen molar-refractivity contribution in [3.05, 3.63) is 53.3 Å². The Kier molecular flexibility index (Phi) is 4.59. The van der Waals surface area contributed by atoms with Crippen LogP contribution in [0.3, 0.4) is 0 Å². The monoisotopic (exact) mass is 305 g/mol. The predicted molar refractivity (Wildman–Crippen MR) is 83.7 cm³/mol. The summed E-state index contributed by atoms with van der Waals surface area (Å²) in [7, 11) is -1.80. The highest BCUT2D eigenvalue weighted by Gasteiger charge is 2.18. The first kappa shape index (κ1) is 15.5. The van der Waals surface area contributed by atoms with E-state index in [1.807, 2.05) is 19.2 Å². The average molecular weight is 305 g/mol. The third-order valence-corrected chi connectivity index (χ3v) is 4.68. The van der Waals surface area contributed by atoms with E-state index in [-0.39, 0.29) is 0 Å². The Morgan fingerprint density at radius 1 is 1.19 bits per heavy atom. The smallest absolute Gasteiger partial charge is 0.262 e. The van der Waals surface area contributed by atoms with Crippen LogP contribution >= 0.6 is 0 Å². The van der Waals surface area contributed by atoms with Gasteiger partial charge in [0, 0.05) is 12.7 Å². The number of anilines is 1. The zero-order valence-electron chi connectivity index (χ0n) is 12.3. The minimum atomic E-state index is -3.63. The quantitative estimate of drug-likeness (QED) is 0.888. The Balaban J connectivity index is 2.40. The molecule has 0 bridgehead atoms. The largest absolute Gasteiger partial charge is 0.316 e. The molecule has 0 atom stereocenters. The van der Waals surface area contributed by atoms with Gasteiger partial charge >= 0.3 is 0 Å². The summed E-state index contributed by atoms with van der Waals surface area (Å²) >= 11 is 0. The molecule has 0 fully saturated rings. The summed E-state index contributed by atoms with van der Waals surface area (Å²) in [5.74, 6) is 0. The molecule has 0 amide bonds. The first-order chi connectivity index (χ1) is 9.94. The second-order valence-electron chi connectivity index (χ2n) is 4.87. The van der Waals surface area contributed by atoms with Crippen LogP contribution in [0.25, 0.3) is 0 Å². The van der Waals surface area contributed by atoms with Crippen molar-refractivity contribution in [3.63, 3.8) is 0 Å². The minimum absolute atomic E-state index is 0.290. The van der Waals surface area contributed by atoms with E-state index in [0.29, 0.717) is 28.4 Å². The molecule has 2 aromatic rings. The number of nitrogens with one attached hydrogen (secondary N) is 2. The molecule has 5 nitrogen and oxygen atoms in total. The summed E-state index contributed by atoms with van der Waals surface area (Å²) in [5, 5.41) is 3.02. The Morgan fingerprint density at radius 3 is 2.62 bits per heavy atom. The van der Waals surface area contributed by atoms with Crippen LogP contribution in [0.5, 0.6) is 0 Å². The molecule has 0 aliphatic carbocycles. The Labute approximate surface area is 125 Å². The van der Waals surface area contributed by atoms with Gasteiger partial charge in [-0.25, -0.2) is 8.42 Å². The van der Waals surface area contributed by atoms with E-state index in [0.717, 1.165) is 5.56 Å². The van der Waals surface area contributed by atoms with Gasteiger partial charge in [0.15, 0.2) is 0 Å². The summed E-state index contributed by atoms with van der Waals surface area (Å²) in [6.45, 7) is 4.17. The zero-order valence-corrected chi connectivity index (χ0v) is 13.2. The SMILES string of the molecule is CNCc1ccc(C)c(S(=O)(=O)Nc2cccnc2C)c1. The van der Waals surface area contributed by atoms with Gasteiger partial charge in [0.2, 0.25) is 0 Å². The Morgan fingerprint density at radius 2 is 1.95 bits per heavy atom. The molecular weight excluding hydrogens is 286 g/mol. The van der Waals surface area contributed by atoms with E-state index in [9.17, 15) is 8.42 Å². The molecule has 1 heterocycles. The molecule has 2 N–H and O–H groups in total. The van der Waals surface area contributed by atoms with E-state index >= 15 is 0 Å². The minimum Gasteiger partial charge on any atom is -0.316 e. The molecule has 112 valence electrons. The molecule has 6 heteroatoms.